The molecule has 1 aliphatic heterocycles. The minimum absolute atomic E-state index is 0.185. The standard InChI is InChI=1S/C12H13FN2O2S/c1-7-11(17)15(6-10(14)16)12(18-7)8-4-2-3-5-9(8)13/h2-5,7,12H,6H2,1H3,(H2,14,16)/t7-,12+/m1/s1. The second-order valence-electron chi connectivity index (χ2n) is 4.08. The topological polar surface area (TPSA) is 63.4 Å². The van der Waals surface area contributed by atoms with Gasteiger partial charge in [0.05, 0.1) is 5.25 Å². The Labute approximate surface area is 108 Å². The Kier molecular flexibility index (Phi) is 3.56. The molecule has 2 rings (SSSR count). The molecule has 0 unspecified atom stereocenters. The van der Waals surface area contributed by atoms with Crippen LogP contribution in [0.5, 0.6) is 0 Å². The Morgan fingerprint density at radius 1 is 1.50 bits per heavy atom. The molecule has 4 nitrogen and oxygen atoms in total. The van der Waals surface area contributed by atoms with Crippen LogP contribution in [0.1, 0.15) is 17.9 Å². The fourth-order valence-electron chi connectivity index (χ4n) is 1.92. The molecule has 1 aromatic carbocycles. The molecule has 96 valence electrons. The lowest BCUT2D eigenvalue weighted by atomic mass is 10.2. The van der Waals surface area contributed by atoms with E-state index < -0.39 is 11.3 Å². The minimum atomic E-state index is -0.598. The van der Waals surface area contributed by atoms with Gasteiger partial charge in [0.1, 0.15) is 17.7 Å². The van der Waals surface area contributed by atoms with Crippen LogP contribution in [0.25, 0.3) is 0 Å². The maximum Gasteiger partial charge on any atom is 0.237 e. The summed E-state index contributed by atoms with van der Waals surface area (Å²) in [7, 11) is 0. The van der Waals surface area contributed by atoms with Crippen LogP contribution in [0.2, 0.25) is 0 Å². The predicted octanol–water partition coefficient (Wildman–Crippen LogP) is 1.27. The van der Waals surface area contributed by atoms with Crippen molar-refractivity contribution in [1.29, 1.82) is 0 Å². The van der Waals surface area contributed by atoms with E-state index in [4.69, 9.17) is 5.73 Å². The Hall–Kier alpha value is -1.56. The third-order valence-electron chi connectivity index (χ3n) is 2.74. The van der Waals surface area contributed by atoms with Crippen molar-refractivity contribution in [3.63, 3.8) is 0 Å². The molecule has 1 aliphatic rings. The molecule has 1 saturated heterocycles. The number of halogens is 1. The van der Waals surface area contributed by atoms with Crippen molar-refractivity contribution in [3.05, 3.63) is 35.6 Å². The summed E-state index contributed by atoms with van der Waals surface area (Å²) in [4.78, 5) is 24.2. The Balaban J connectivity index is 2.34. The highest BCUT2D eigenvalue weighted by Gasteiger charge is 2.40. The van der Waals surface area contributed by atoms with Gasteiger partial charge in [0.25, 0.3) is 0 Å². The van der Waals surface area contributed by atoms with Gasteiger partial charge in [-0.2, -0.15) is 0 Å². The molecule has 1 aromatic rings. The molecule has 2 atom stereocenters. The normalized spacial score (nSPS) is 23.4. The van der Waals surface area contributed by atoms with Gasteiger partial charge >= 0.3 is 0 Å². The van der Waals surface area contributed by atoms with Crippen LogP contribution in [0, 0.1) is 5.82 Å². The van der Waals surface area contributed by atoms with Crippen molar-refractivity contribution in [2.75, 3.05) is 6.54 Å². The van der Waals surface area contributed by atoms with Gasteiger partial charge in [-0.1, -0.05) is 18.2 Å². The fraction of sp³-hybridized carbons (Fsp3) is 0.333. The molecule has 1 heterocycles. The molecule has 0 saturated carbocycles. The first-order chi connectivity index (χ1) is 8.50. The van der Waals surface area contributed by atoms with Crippen LogP contribution in [0.3, 0.4) is 0 Å². The van der Waals surface area contributed by atoms with Gasteiger partial charge in [0.15, 0.2) is 0 Å². The highest BCUT2D eigenvalue weighted by Crippen LogP contribution is 2.43. The zero-order valence-electron chi connectivity index (χ0n) is 9.80. The summed E-state index contributed by atoms with van der Waals surface area (Å²) in [5.41, 5.74) is 5.53. The molecule has 0 spiro atoms. The number of nitrogens with two attached hydrogens (primary N) is 1. The summed E-state index contributed by atoms with van der Waals surface area (Å²) < 4.78 is 13.7. The van der Waals surface area contributed by atoms with Gasteiger partial charge in [0, 0.05) is 5.56 Å². The van der Waals surface area contributed by atoms with Crippen molar-refractivity contribution in [1.82, 2.24) is 4.90 Å². The van der Waals surface area contributed by atoms with Gasteiger partial charge < -0.3 is 10.6 Å². The lowest BCUT2D eigenvalue weighted by Crippen LogP contribution is -2.37. The minimum Gasteiger partial charge on any atom is -0.368 e. The van der Waals surface area contributed by atoms with Crippen molar-refractivity contribution >= 4 is 23.6 Å². The van der Waals surface area contributed by atoms with Crippen LogP contribution >= 0.6 is 11.8 Å². The highest BCUT2D eigenvalue weighted by atomic mass is 32.2. The van der Waals surface area contributed by atoms with E-state index >= 15 is 0 Å². The number of hydrogen-bond donors (Lipinski definition) is 1. The van der Waals surface area contributed by atoms with Crippen LogP contribution in [-0.2, 0) is 9.59 Å². The average Bonchev–Trinajstić information content (AvgIpc) is 2.57. The van der Waals surface area contributed by atoms with E-state index in [0.29, 0.717) is 5.56 Å². The average molecular weight is 268 g/mol. The summed E-state index contributed by atoms with van der Waals surface area (Å²) in [6.45, 7) is 1.55. The van der Waals surface area contributed by atoms with E-state index in [2.05, 4.69) is 0 Å². The van der Waals surface area contributed by atoms with Crippen LogP contribution in [0.15, 0.2) is 24.3 Å². The molecule has 6 heteroatoms. The SMILES string of the molecule is C[C@H]1S[C@@H](c2ccccc2F)N(CC(N)=O)C1=O. The summed E-state index contributed by atoms with van der Waals surface area (Å²) in [6, 6.07) is 6.25. The van der Waals surface area contributed by atoms with E-state index in [1.54, 1.807) is 25.1 Å². The van der Waals surface area contributed by atoms with E-state index in [-0.39, 0.29) is 23.5 Å². The number of primary amides is 1. The Morgan fingerprint density at radius 2 is 2.17 bits per heavy atom. The molecular weight excluding hydrogens is 255 g/mol. The lowest BCUT2D eigenvalue weighted by molar-refractivity contribution is -0.134. The first kappa shape index (κ1) is 12.9. The zero-order chi connectivity index (χ0) is 13.3. The van der Waals surface area contributed by atoms with Gasteiger partial charge in [-0.25, -0.2) is 4.39 Å². The van der Waals surface area contributed by atoms with E-state index in [1.807, 2.05) is 0 Å². The molecule has 0 aliphatic carbocycles. The summed E-state index contributed by atoms with van der Waals surface area (Å²) in [5, 5.41) is -0.782. The molecule has 0 bridgehead atoms. The number of nitrogens with zero attached hydrogens (tertiary/aromatic N) is 1. The Morgan fingerprint density at radius 3 is 2.78 bits per heavy atom. The summed E-state index contributed by atoms with van der Waals surface area (Å²) >= 11 is 1.32. The molecule has 0 aromatic heterocycles. The van der Waals surface area contributed by atoms with Crippen molar-refractivity contribution in [2.24, 2.45) is 5.73 Å². The highest BCUT2D eigenvalue weighted by molar-refractivity contribution is 8.01. The first-order valence-corrected chi connectivity index (χ1v) is 6.43. The maximum absolute atomic E-state index is 13.7. The van der Waals surface area contributed by atoms with Gasteiger partial charge in [-0.15, -0.1) is 11.8 Å². The smallest absolute Gasteiger partial charge is 0.237 e. The Bertz CT molecular complexity index is 495. The lowest BCUT2D eigenvalue weighted by Gasteiger charge is -2.22. The van der Waals surface area contributed by atoms with E-state index in [9.17, 15) is 14.0 Å². The van der Waals surface area contributed by atoms with Gasteiger partial charge in [-0.3, -0.25) is 9.59 Å². The molecule has 2 amide bonds. The number of rotatable bonds is 3. The van der Waals surface area contributed by atoms with E-state index in [0.717, 1.165) is 0 Å². The quantitative estimate of drug-likeness (QED) is 0.898. The van der Waals surface area contributed by atoms with Crippen LogP contribution < -0.4 is 5.73 Å². The van der Waals surface area contributed by atoms with Gasteiger partial charge in [0.2, 0.25) is 11.8 Å². The van der Waals surface area contributed by atoms with Crippen molar-refractivity contribution in [3.8, 4) is 0 Å². The number of benzene rings is 1. The second-order valence-corrected chi connectivity index (χ2v) is 5.51. The van der Waals surface area contributed by atoms with Crippen LogP contribution in [-0.4, -0.2) is 28.5 Å². The largest absolute Gasteiger partial charge is 0.368 e. The molecule has 18 heavy (non-hydrogen) atoms. The van der Waals surface area contributed by atoms with Crippen molar-refractivity contribution < 1.29 is 14.0 Å². The zero-order valence-corrected chi connectivity index (χ0v) is 10.6. The molecule has 0 radical (unpaired) electrons. The number of hydrogen-bond acceptors (Lipinski definition) is 3. The van der Waals surface area contributed by atoms with Gasteiger partial charge in [-0.05, 0) is 13.0 Å². The van der Waals surface area contributed by atoms with Crippen molar-refractivity contribution in [2.45, 2.75) is 17.5 Å². The third-order valence-corrected chi connectivity index (χ3v) is 4.12. The third kappa shape index (κ3) is 2.33. The number of carbonyl (C=O) groups is 2. The number of amides is 2. The number of carbonyl (C=O) groups excluding carboxylic acids is 2. The summed E-state index contributed by atoms with van der Waals surface area (Å²) in [6.07, 6.45) is 0. The summed E-state index contributed by atoms with van der Waals surface area (Å²) in [5.74, 6) is -1.17. The first-order valence-electron chi connectivity index (χ1n) is 5.49. The maximum atomic E-state index is 13.7. The number of thioether (sulfide) groups is 1. The second kappa shape index (κ2) is 4.97. The molecule has 2 N–H and O–H groups in total. The predicted molar refractivity (Wildman–Crippen MR) is 67.1 cm³/mol. The monoisotopic (exact) mass is 268 g/mol. The molecular formula is C12H13FN2O2S. The fourth-order valence-corrected chi connectivity index (χ4v) is 3.22. The van der Waals surface area contributed by atoms with E-state index in [1.165, 1.54) is 22.7 Å². The molecule has 1 fully saturated rings. The van der Waals surface area contributed by atoms with Crippen LogP contribution in [0.4, 0.5) is 4.39 Å².